The summed E-state index contributed by atoms with van der Waals surface area (Å²) in [7, 11) is 3.27. The van der Waals surface area contributed by atoms with Gasteiger partial charge >= 0.3 is 0 Å². The van der Waals surface area contributed by atoms with E-state index in [4.69, 9.17) is 14.5 Å². The van der Waals surface area contributed by atoms with Crippen molar-refractivity contribution in [1.29, 1.82) is 0 Å². The van der Waals surface area contributed by atoms with Gasteiger partial charge in [0.15, 0.2) is 0 Å². The third kappa shape index (κ3) is 4.53. The first-order valence-corrected chi connectivity index (χ1v) is 11.7. The molecule has 2 aromatic rings. The second-order valence-electron chi connectivity index (χ2n) is 8.07. The molecule has 0 bridgehead atoms. The molecule has 1 fully saturated rings. The van der Waals surface area contributed by atoms with Gasteiger partial charge in [0, 0.05) is 28.8 Å². The Morgan fingerprint density at radius 3 is 2.67 bits per heavy atom. The largest absolute Gasteiger partial charge is 0.497 e. The molecule has 0 spiro atoms. The molecule has 0 radical (unpaired) electrons. The van der Waals surface area contributed by atoms with Crippen LogP contribution in [-0.2, 0) is 12.8 Å². The number of thiophene rings is 1. The Labute approximate surface area is 182 Å². The van der Waals surface area contributed by atoms with E-state index >= 15 is 0 Å². The second kappa shape index (κ2) is 9.65. The van der Waals surface area contributed by atoms with Crippen molar-refractivity contribution in [2.45, 2.75) is 63.8 Å². The molecule has 0 unspecified atom stereocenters. The van der Waals surface area contributed by atoms with Crippen LogP contribution < -0.4 is 14.8 Å². The number of fused-ring (bicyclic) bond motifs is 1. The van der Waals surface area contributed by atoms with Gasteiger partial charge in [-0.3, -0.25) is 4.79 Å². The first-order chi connectivity index (χ1) is 14.7. The van der Waals surface area contributed by atoms with Gasteiger partial charge in [0.2, 0.25) is 0 Å². The molecule has 2 aliphatic rings. The topological polar surface area (TPSA) is 59.9 Å². The van der Waals surface area contributed by atoms with Crippen LogP contribution >= 0.6 is 11.3 Å². The van der Waals surface area contributed by atoms with Gasteiger partial charge in [-0.15, -0.1) is 11.3 Å². The van der Waals surface area contributed by atoms with Gasteiger partial charge in [-0.25, -0.2) is 4.99 Å². The molecule has 30 heavy (non-hydrogen) atoms. The van der Waals surface area contributed by atoms with Gasteiger partial charge in [-0.2, -0.15) is 0 Å². The first-order valence-electron chi connectivity index (χ1n) is 10.9. The highest BCUT2D eigenvalue weighted by Crippen LogP contribution is 2.40. The van der Waals surface area contributed by atoms with Crippen LogP contribution in [0.3, 0.4) is 0 Å². The minimum atomic E-state index is 0.0511. The minimum absolute atomic E-state index is 0.0511. The SMILES string of the molecule is COc1ccc(/C=N\c2sc3c(c2C(=O)NC2CCCCC2)CCCC3)c(OC)c1. The summed E-state index contributed by atoms with van der Waals surface area (Å²) in [6, 6.07) is 5.96. The lowest BCUT2D eigenvalue weighted by Gasteiger charge is -2.23. The summed E-state index contributed by atoms with van der Waals surface area (Å²) in [4.78, 5) is 19.4. The molecule has 1 saturated carbocycles. The van der Waals surface area contributed by atoms with E-state index in [1.54, 1.807) is 31.8 Å². The van der Waals surface area contributed by atoms with Crippen molar-refractivity contribution >= 4 is 28.5 Å². The van der Waals surface area contributed by atoms with Crippen molar-refractivity contribution in [2.24, 2.45) is 4.99 Å². The third-order valence-electron chi connectivity index (χ3n) is 6.08. The van der Waals surface area contributed by atoms with E-state index in [1.807, 2.05) is 18.2 Å². The van der Waals surface area contributed by atoms with Crippen LogP contribution in [0.2, 0.25) is 0 Å². The van der Waals surface area contributed by atoms with Crippen molar-refractivity contribution in [1.82, 2.24) is 5.32 Å². The van der Waals surface area contributed by atoms with Gasteiger partial charge in [0.05, 0.1) is 19.8 Å². The monoisotopic (exact) mass is 426 g/mol. The van der Waals surface area contributed by atoms with Gasteiger partial charge in [0.1, 0.15) is 16.5 Å². The summed E-state index contributed by atoms with van der Waals surface area (Å²) in [6.07, 6.45) is 12.0. The van der Waals surface area contributed by atoms with Crippen molar-refractivity contribution in [2.75, 3.05) is 14.2 Å². The number of amides is 1. The molecule has 5 nitrogen and oxygen atoms in total. The molecular weight excluding hydrogens is 396 g/mol. The highest BCUT2D eigenvalue weighted by molar-refractivity contribution is 7.16. The maximum absolute atomic E-state index is 13.3. The second-order valence-corrected chi connectivity index (χ2v) is 9.15. The standard InChI is InChI=1S/C24H30N2O3S/c1-28-18-13-12-16(20(14-18)29-2)15-25-24-22(19-10-6-7-11-21(19)30-24)23(27)26-17-8-4-3-5-9-17/h12-15,17H,3-11H2,1-2H3,(H,26,27)/b25-15-. The predicted molar refractivity (Wildman–Crippen MR) is 122 cm³/mol. The number of aliphatic imine (C=N–C) groups is 1. The lowest BCUT2D eigenvalue weighted by molar-refractivity contribution is 0.0927. The van der Waals surface area contributed by atoms with E-state index in [-0.39, 0.29) is 5.91 Å². The van der Waals surface area contributed by atoms with Crippen LogP contribution in [0.15, 0.2) is 23.2 Å². The van der Waals surface area contributed by atoms with Crippen molar-refractivity contribution in [3.8, 4) is 11.5 Å². The smallest absolute Gasteiger partial charge is 0.254 e. The van der Waals surface area contributed by atoms with Crippen molar-refractivity contribution in [3.63, 3.8) is 0 Å². The lowest BCUT2D eigenvalue weighted by atomic mass is 9.93. The van der Waals surface area contributed by atoms with E-state index in [0.717, 1.165) is 54.0 Å². The van der Waals surface area contributed by atoms with E-state index in [1.165, 1.54) is 36.1 Å². The van der Waals surface area contributed by atoms with Gasteiger partial charge < -0.3 is 14.8 Å². The minimum Gasteiger partial charge on any atom is -0.497 e. The number of rotatable bonds is 6. The molecule has 2 aliphatic carbocycles. The van der Waals surface area contributed by atoms with Crippen LogP contribution in [0.5, 0.6) is 11.5 Å². The molecule has 160 valence electrons. The van der Waals surface area contributed by atoms with Gasteiger partial charge in [0.25, 0.3) is 5.91 Å². The van der Waals surface area contributed by atoms with E-state index in [9.17, 15) is 4.79 Å². The predicted octanol–water partition coefficient (Wildman–Crippen LogP) is 5.46. The summed E-state index contributed by atoms with van der Waals surface area (Å²) in [6.45, 7) is 0. The average Bonchev–Trinajstić information content (AvgIpc) is 3.16. The maximum Gasteiger partial charge on any atom is 0.254 e. The molecule has 1 N–H and O–H groups in total. The fourth-order valence-electron chi connectivity index (χ4n) is 4.43. The summed E-state index contributed by atoms with van der Waals surface area (Å²) >= 11 is 1.67. The lowest BCUT2D eigenvalue weighted by Crippen LogP contribution is -2.36. The quantitative estimate of drug-likeness (QED) is 0.624. The average molecular weight is 427 g/mol. The number of benzene rings is 1. The molecule has 0 saturated heterocycles. The molecule has 0 atom stereocenters. The number of carbonyl (C=O) groups excluding carboxylic acids is 1. The molecule has 4 rings (SSSR count). The Balaban J connectivity index is 1.63. The van der Waals surface area contributed by atoms with Crippen LogP contribution in [0, 0.1) is 0 Å². The zero-order valence-electron chi connectivity index (χ0n) is 17.8. The Morgan fingerprint density at radius 2 is 1.90 bits per heavy atom. The Bertz CT molecular complexity index is 929. The highest BCUT2D eigenvalue weighted by Gasteiger charge is 2.27. The number of methoxy groups -OCH3 is 2. The third-order valence-corrected chi connectivity index (χ3v) is 7.28. The number of hydrogen-bond acceptors (Lipinski definition) is 5. The molecule has 1 amide bonds. The molecule has 1 aromatic heterocycles. The summed E-state index contributed by atoms with van der Waals surface area (Å²) < 4.78 is 10.8. The number of nitrogens with zero attached hydrogens (tertiary/aromatic N) is 1. The normalized spacial score (nSPS) is 17.0. The number of aryl methyl sites for hydroxylation is 1. The van der Waals surface area contributed by atoms with E-state index < -0.39 is 0 Å². The van der Waals surface area contributed by atoms with Crippen molar-refractivity contribution in [3.05, 3.63) is 39.8 Å². The zero-order valence-corrected chi connectivity index (χ0v) is 18.6. The molecule has 1 aromatic carbocycles. The number of hydrogen-bond donors (Lipinski definition) is 1. The Kier molecular flexibility index (Phi) is 6.72. The highest BCUT2D eigenvalue weighted by atomic mass is 32.1. The van der Waals surface area contributed by atoms with Crippen LogP contribution in [0.1, 0.15) is 71.3 Å². The molecule has 6 heteroatoms. The molecular formula is C24H30N2O3S. The number of ether oxygens (including phenoxy) is 2. The van der Waals surface area contributed by atoms with Crippen molar-refractivity contribution < 1.29 is 14.3 Å². The van der Waals surface area contributed by atoms with E-state index in [0.29, 0.717) is 11.8 Å². The zero-order chi connectivity index (χ0) is 20.9. The van der Waals surface area contributed by atoms with Crippen LogP contribution in [0.25, 0.3) is 0 Å². The summed E-state index contributed by atoms with van der Waals surface area (Å²) in [5.74, 6) is 1.49. The fraction of sp³-hybridized carbons (Fsp3) is 0.500. The Hall–Kier alpha value is -2.34. The van der Waals surface area contributed by atoms with E-state index in [2.05, 4.69) is 5.32 Å². The maximum atomic E-state index is 13.3. The first kappa shape index (κ1) is 20.9. The number of nitrogens with one attached hydrogen (secondary N) is 1. The molecule has 1 heterocycles. The van der Waals surface area contributed by atoms with Gasteiger partial charge in [-0.05, 0) is 56.2 Å². The Morgan fingerprint density at radius 1 is 1.10 bits per heavy atom. The summed E-state index contributed by atoms with van der Waals surface area (Å²) in [5.41, 5.74) is 2.88. The fourth-order valence-corrected chi connectivity index (χ4v) is 5.66. The van der Waals surface area contributed by atoms with Crippen LogP contribution in [-0.4, -0.2) is 32.4 Å². The summed E-state index contributed by atoms with van der Waals surface area (Å²) in [5, 5.41) is 4.11. The number of carbonyl (C=O) groups is 1. The molecule has 0 aliphatic heterocycles. The van der Waals surface area contributed by atoms with Crippen LogP contribution in [0.4, 0.5) is 5.00 Å². The van der Waals surface area contributed by atoms with Gasteiger partial charge in [-0.1, -0.05) is 19.3 Å².